The molecule has 0 saturated heterocycles. The van der Waals surface area contributed by atoms with Gasteiger partial charge in [0.05, 0.1) is 29.0 Å². The molecule has 0 atom stereocenters. The first-order valence-corrected chi connectivity index (χ1v) is 8.73. The van der Waals surface area contributed by atoms with Gasteiger partial charge in [-0.1, -0.05) is 18.1 Å². The summed E-state index contributed by atoms with van der Waals surface area (Å²) in [5, 5.41) is 0. The average molecular weight is 376 g/mol. The van der Waals surface area contributed by atoms with Crippen molar-refractivity contribution < 1.29 is 23.5 Å². The molecule has 2 aromatic rings. The van der Waals surface area contributed by atoms with Crippen molar-refractivity contribution in [2.75, 3.05) is 16.3 Å². The number of carbonyl (C=O) groups excluding carboxylic acids is 3. The molecule has 2 aromatic carbocycles. The fourth-order valence-electron chi connectivity index (χ4n) is 3.69. The Morgan fingerprint density at radius 1 is 1.07 bits per heavy atom. The minimum Gasteiger partial charge on any atom is -0.475 e. The van der Waals surface area contributed by atoms with E-state index in [1.165, 1.54) is 23.1 Å². The van der Waals surface area contributed by atoms with Crippen LogP contribution in [0.15, 0.2) is 36.4 Å². The molecule has 3 aliphatic rings. The van der Waals surface area contributed by atoms with E-state index in [1.807, 2.05) is 0 Å². The number of terminal acetylenes is 1. The zero-order valence-electron chi connectivity index (χ0n) is 14.6. The van der Waals surface area contributed by atoms with Gasteiger partial charge in [0.25, 0.3) is 17.7 Å². The summed E-state index contributed by atoms with van der Waals surface area (Å²) in [5.74, 6) is 0.262. The van der Waals surface area contributed by atoms with Gasteiger partial charge in [0.15, 0.2) is 11.4 Å². The first-order chi connectivity index (χ1) is 13.5. The van der Waals surface area contributed by atoms with Gasteiger partial charge in [0.2, 0.25) is 0 Å². The van der Waals surface area contributed by atoms with E-state index in [0.717, 1.165) is 11.0 Å². The van der Waals surface area contributed by atoms with E-state index < -0.39 is 23.2 Å². The molecule has 2 heterocycles. The predicted molar refractivity (Wildman–Crippen MR) is 97.8 cm³/mol. The maximum absolute atomic E-state index is 14.9. The van der Waals surface area contributed by atoms with Crippen LogP contribution in [0.5, 0.6) is 5.75 Å². The number of anilines is 2. The van der Waals surface area contributed by atoms with Crippen molar-refractivity contribution in [2.45, 2.75) is 18.4 Å². The third-order valence-electron chi connectivity index (χ3n) is 5.25. The normalized spacial score (nSPS) is 18.6. The minimum atomic E-state index is -0.979. The molecule has 0 aromatic heterocycles. The Bertz CT molecular complexity index is 1090. The van der Waals surface area contributed by atoms with E-state index >= 15 is 0 Å². The number of nitrogens with zero attached hydrogens (tertiary/aromatic N) is 2. The van der Waals surface area contributed by atoms with Crippen molar-refractivity contribution in [1.82, 2.24) is 0 Å². The maximum atomic E-state index is 14.9. The van der Waals surface area contributed by atoms with Crippen LogP contribution in [0.3, 0.4) is 0 Å². The number of ether oxygens (including phenoxy) is 1. The number of amides is 3. The van der Waals surface area contributed by atoms with Gasteiger partial charge < -0.3 is 4.74 Å². The van der Waals surface area contributed by atoms with Gasteiger partial charge >= 0.3 is 0 Å². The summed E-state index contributed by atoms with van der Waals surface area (Å²) < 4.78 is 20.7. The molecule has 1 spiro atoms. The van der Waals surface area contributed by atoms with Crippen molar-refractivity contribution in [1.29, 1.82) is 0 Å². The molecule has 0 N–H and O–H groups in total. The molecule has 5 rings (SSSR count). The molecule has 7 heteroatoms. The molecule has 0 bridgehead atoms. The topological polar surface area (TPSA) is 66.9 Å². The molecule has 1 aliphatic carbocycles. The van der Waals surface area contributed by atoms with E-state index in [9.17, 15) is 18.8 Å². The highest BCUT2D eigenvalue weighted by atomic mass is 19.1. The second kappa shape index (κ2) is 5.42. The van der Waals surface area contributed by atoms with Crippen LogP contribution in [-0.2, 0) is 4.79 Å². The summed E-state index contributed by atoms with van der Waals surface area (Å²) in [6.45, 7) is -0.0237. The van der Waals surface area contributed by atoms with Gasteiger partial charge in [0.1, 0.15) is 5.75 Å². The summed E-state index contributed by atoms with van der Waals surface area (Å²) in [6, 6.07) is 8.67. The van der Waals surface area contributed by atoms with Crippen molar-refractivity contribution in [2.24, 2.45) is 0 Å². The largest absolute Gasteiger partial charge is 0.475 e. The third-order valence-corrected chi connectivity index (χ3v) is 5.25. The van der Waals surface area contributed by atoms with Crippen LogP contribution in [0.2, 0.25) is 0 Å². The number of benzene rings is 2. The number of halogens is 1. The van der Waals surface area contributed by atoms with Gasteiger partial charge in [-0.05, 0) is 18.2 Å². The lowest BCUT2D eigenvalue weighted by atomic mass is 10.1. The van der Waals surface area contributed by atoms with E-state index in [0.29, 0.717) is 12.8 Å². The molecular formula is C21H13FN2O4. The monoisotopic (exact) mass is 376 g/mol. The Morgan fingerprint density at radius 2 is 1.71 bits per heavy atom. The Labute approximate surface area is 159 Å². The molecule has 2 aliphatic heterocycles. The Kier molecular flexibility index (Phi) is 3.20. The van der Waals surface area contributed by atoms with Gasteiger partial charge in [0, 0.05) is 18.9 Å². The van der Waals surface area contributed by atoms with Crippen LogP contribution >= 0.6 is 0 Å². The smallest absolute Gasteiger partial charge is 0.272 e. The van der Waals surface area contributed by atoms with Crippen LogP contribution in [-0.4, -0.2) is 29.9 Å². The molecule has 0 unspecified atom stereocenters. The molecule has 6 nitrogen and oxygen atoms in total. The van der Waals surface area contributed by atoms with Crippen molar-refractivity contribution >= 4 is 29.1 Å². The number of imide groups is 1. The summed E-state index contributed by atoms with van der Waals surface area (Å²) >= 11 is 0. The fourth-order valence-corrected chi connectivity index (χ4v) is 3.69. The van der Waals surface area contributed by atoms with Crippen LogP contribution in [0, 0.1) is 18.2 Å². The number of hydrogen-bond donors (Lipinski definition) is 0. The lowest BCUT2D eigenvalue weighted by Crippen LogP contribution is -2.48. The Hall–Kier alpha value is -3.66. The SMILES string of the molecule is C#CCN1C(=O)C2(CC2)Oc2cc(F)c(N3C(=O)c4ccccc4C3=O)cc21. The highest BCUT2D eigenvalue weighted by Crippen LogP contribution is 2.50. The molecule has 0 radical (unpaired) electrons. The summed E-state index contributed by atoms with van der Waals surface area (Å²) in [5.41, 5.74) is -0.569. The molecular weight excluding hydrogens is 363 g/mol. The maximum Gasteiger partial charge on any atom is 0.272 e. The highest BCUT2D eigenvalue weighted by Gasteiger charge is 2.58. The summed E-state index contributed by atoms with van der Waals surface area (Å²) in [6.07, 6.45) is 6.47. The number of rotatable bonds is 2. The average Bonchev–Trinajstić information content (AvgIpc) is 3.41. The highest BCUT2D eigenvalue weighted by molar-refractivity contribution is 6.34. The van der Waals surface area contributed by atoms with Crippen molar-refractivity contribution in [3.8, 4) is 18.1 Å². The third kappa shape index (κ3) is 2.06. The van der Waals surface area contributed by atoms with Gasteiger partial charge in [-0.25, -0.2) is 9.29 Å². The van der Waals surface area contributed by atoms with Gasteiger partial charge in [-0.15, -0.1) is 6.42 Å². The van der Waals surface area contributed by atoms with Gasteiger partial charge in [-0.3, -0.25) is 19.3 Å². The second-order valence-electron chi connectivity index (χ2n) is 6.95. The number of hydrogen-bond acceptors (Lipinski definition) is 4. The Balaban J connectivity index is 1.64. The lowest BCUT2D eigenvalue weighted by Gasteiger charge is -2.34. The number of carbonyl (C=O) groups is 3. The van der Waals surface area contributed by atoms with Crippen LogP contribution in [0.1, 0.15) is 33.6 Å². The van der Waals surface area contributed by atoms with E-state index in [1.54, 1.807) is 12.1 Å². The van der Waals surface area contributed by atoms with Crippen LogP contribution in [0.4, 0.5) is 15.8 Å². The van der Waals surface area contributed by atoms with Crippen LogP contribution in [0.25, 0.3) is 0 Å². The van der Waals surface area contributed by atoms with Crippen LogP contribution < -0.4 is 14.5 Å². The first kappa shape index (κ1) is 16.5. The van der Waals surface area contributed by atoms with Gasteiger partial charge in [-0.2, -0.15) is 0 Å². The number of fused-ring (bicyclic) bond motifs is 2. The van der Waals surface area contributed by atoms with Crippen molar-refractivity contribution in [3.05, 3.63) is 53.3 Å². The van der Waals surface area contributed by atoms with E-state index in [2.05, 4.69) is 5.92 Å². The lowest BCUT2D eigenvalue weighted by molar-refractivity contribution is -0.128. The molecule has 138 valence electrons. The standard InChI is InChI=1S/C21H13FN2O4/c1-2-9-23-16-11-15(14(22)10-17(16)28-21(7-8-21)20(23)27)24-18(25)12-5-3-4-6-13(12)19(24)26/h1,3-6,10-11H,7-9H2. The second-order valence-corrected chi connectivity index (χ2v) is 6.95. The summed E-state index contributed by atoms with van der Waals surface area (Å²) in [4.78, 5) is 40.3. The zero-order valence-corrected chi connectivity index (χ0v) is 14.6. The predicted octanol–water partition coefficient (Wildman–Crippen LogP) is 2.52. The minimum absolute atomic E-state index is 0.0237. The first-order valence-electron chi connectivity index (χ1n) is 8.73. The molecule has 28 heavy (non-hydrogen) atoms. The Morgan fingerprint density at radius 3 is 2.29 bits per heavy atom. The van der Waals surface area contributed by atoms with E-state index in [4.69, 9.17) is 11.2 Å². The molecule has 3 amide bonds. The fraction of sp³-hybridized carbons (Fsp3) is 0.190. The van der Waals surface area contributed by atoms with E-state index in [-0.39, 0.29) is 40.7 Å². The molecule has 1 fully saturated rings. The van der Waals surface area contributed by atoms with Crippen molar-refractivity contribution in [3.63, 3.8) is 0 Å². The quantitative estimate of drug-likeness (QED) is 0.597. The molecule has 1 saturated carbocycles. The zero-order chi connectivity index (χ0) is 19.6. The summed E-state index contributed by atoms with van der Waals surface area (Å²) in [7, 11) is 0.